The Morgan fingerprint density at radius 1 is 1.29 bits per heavy atom. The molecule has 0 bridgehead atoms. The van der Waals surface area contributed by atoms with Crippen LogP contribution in [0.5, 0.6) is 0 Å². The van der Waals surface area contributed by atoms with Gasteiger partial charge >= 0.3 is 6.09 Å². The van der Waals surface area contributed by atoms with Gasteiger partial charge in [-0.1, -0.05) is 25.0 Å². The molecule has 4 heteroatoms. The van der Waals surface area contributed by atoms with E-state index in [1.807, 2.05) is 32.9 Å². The Balaban J connectivity index is 1.84. The molecule has 1 amide bonds. The summed E-state index contributed by atoms with van der Waals surface area (Å²) < 4.78 is 5.23. The van der Waals surface area contributed by atoms with Crippen LogP contribution in [0.25, 0.3) is 0 Å². The molecule has 0 aliphatic heterocycles. The molecule has 0 atom stereocenters. The Hall–Kier alpha value is -1.71. The zero-order valence-electron chi connectivity index (χ0n) is 13.2. The van der Waals surface area contributed by atoms with Crippen LogP contribution in [0.4, 0.5) is 10.5 Å². The number of carbonyl (C=O) groups is 1. The van der Waals surface area contributed by atoms with E-state index >= 15 is 0 Å². The quantitative estimate of drug-likeness (QED) is 0.879. The molecule has 21 heavy (non-hydrogen) atoms. The topological polar surface area (TPSA) is 50.4 Å². The van der Waals surface area contributed by atoms with Crippen LogP contribution in [0.1, 0.15) is 52.0 Å². The number of hydrogen-bond acceptors (Lipinski definition) is 3. The fraction of sp³-hybridized carbons (Fsp3) is 0.588. The van der Waals surface area contributed by atoms with Gasteiger partial charge in [-0.05, 0) is 51.3 Å². The van der Waals surface area contributed by atoms with Gasteiger partial charge in [-0.2, -0.15) is 0 Å². The van der Waals surface area contributed by atoms with Gasteiger partial charge in [0.05, 0.1) is 0 Å². The molecule has 2 rings (SSSR count). The largest absolute Gasteiger partial charge is 0.444 e. The maximum Gasteiger partial charge on any atom is 0.407 e. The molecule has 4 nitrogen and oxygen atoms in total. The molecule has 1 aliphatic rings. The number of benzene rings is 1. The SMILES string of the molecule is CC(C)(C)OC(=O)NCc1cccc(NC2CCCC2)c1. The highest BCUT2D eigenvalue weighted by Crippen LogP contribution is 2.22. The van der Waals surface area contributed by atoms with Crippen molar-refractivity contribution in [2.75, 3.05) is 5.32 Å². The van der Waals surface area contributed by atoms with Crippen LogP contribution in [-0.2, 0) is 11.3 Å². The van der Waals surface area contributed by atoms with E-state index in [0.717, 1.165) is 11.3 Å². The number of amides is 1. The van der Waals surface area contributed by atoms with Crippen LogP contribution in [0.2, 0.25) is 0 Å². The van der Waals surface area contributed by atoms with Crippen molar-refractivity contribution in [2.45, 2.75) is 64.6 Å². The van der Waals surface area contributed by atoms with Crippen molar-refractivity contribution in [1.29, 1.82) is 0 Å². The lowest BCUT2D eigenvalue weighted by Gasteiger charge is -2.20. The zero-order chi connectivity index (χ0) is 15.3. The number of hydrogen-bond donors (Lipinski definition) is 2. The Labute approximate surface area is 127 Å². The summed E-state index contributed by atoms with van der Waals surface area (Å²) in [7, 11) is 0. The smallest absolute Gasteiger partial charge is 0.407 e. The standard InChI is InChI=1S/C17H26N2O2/c1-17(2,3)21-16(20)18-12-13-7-6-10-15(11-13)19-14-8-4-5-9-14/h6-7,10-11,14,19H,4-5,8-9,12H2,1-3H3,(H,18,20). The van der Waals surface area contributed by atoms with Gasteiger partial charge in [0.25, 0.3) is 0 Å². The predicted molar refractivity (Wildman–Crippen MR) is 85.4 cm³/mol. The van der Waals surface area contributed by atoms with E-state index in [2.05, 4.69) is 22.8 Å². The maximum absolute atomic E-state index is 11.6. The van der Waals surface area contributed by atoms with Gasteiger partial charge in [-0.15, -0.1) is 0 Å². The summed E-state index contributed by atoms with van der Waals surface area (Å²) in [5.74, 6) is 0. The summed E-state index contributed by atoms with van der Waals surface area (Å²) in [5.41, 5.74) is 1.74. The van der Waals surface area contributed by atoms with Gasteiger partial charge in [-0.3, -0.25) is 0 Å². The summed E-state index contributed by atoms with van der Waals surface area (Å²) in [6.45, 7) is 6.06. The Kier molecular flexibility index (Phi) is 5.10. The first-order valence-corrected chi connectivity index (χ1v) is 7.75. The Bertz CT molecular complexity index is 474. The lowest BCUT2D eigenvalue weighted by atomic mass is 10.1. The minimum absolute atomic E-state index is 0.378. The third kappa shape index (κ3) is 5.66. The highest BCUT2D eigenvalue weighted by Gasteiger charge is 2.16. The number of alkyl carbamates (subject to hydrolysis) is 1. The summed E-state index contributed by atoms with van der Waals surface area (Å²) in [6.07, 6.45) is 4.76. The molecule has 2 N–H and O–H groups in total. The second-order valence-electron chi connectivity index (χ2n) is 6.68. The Morgan fingerprint density at radius 3 is 2.67 bits per heavy atom. The summed E-state index contributed by atoms with van der Waals surface area (Å²) in [5, 5.41) is 6.35. The highest BCUT2D eigenvalue weighted by molar-refractivity contribution is 5.67. The first kappa shape index (κ1) is 15.7. The lowest BCUT2D eigenvalue weighted by molar-refractivity contribution is 0.0523. The van der Waals surface area contributed by atoms with Gasteiger partial charge < -0.3 is 15.4 Å². The minimum Gasteiger partial charge on any atom is -0.444 e. The van der Waals surface area contributed by atoms with Gasteiger partial charge in [0.15, 0.2) is 0 Å². The maximum atomic E-state index is 11.6. The van der Waals surface area contributed by atoms with Crippen LogP contribution in [0.15, 0.2) is 24.3 Å². The van der Waals surface area contributed by atoms with Crippen molar-refractivity contribution < 1.29 is 9.53 Å². The van der Waals surface area contributed by atoms with Gasteiger partial charge in [0, 0.05) is 18.3 Å². The Morgan fingerprint density at radius 2 is 2.00 bits per heavy atom. The number of nitrogens with one attached hydrogen (secondary N) is 2. The van der Waals surface area contributed by atoms with Gasteiger partial charge in [-0.25, -0.2) is 4.79 Å². The fourth-order valence-electron chi connectivity index (χ4n) is 2.57. The van der Waals surface area contributed by atoms with E-state index in [1.165, 1.54) is 25.7 Å². The lowest BCUT2D eigenvalue weighted by Crippen LogP contribution is -2.32. The molecule has 116 valence electrons. The van der Waals surface area contributed by atoms with E-state index in [0.29, 0.717) is 12.6 Å². The van der Waals surface area contributed by atoms with Crippen LogP contribution in [0, 0.1) is 0 Å². The number of rotatable bonds is 4. The van der Waals surface area contributed by atoms with E-state index in [1.54, 1.807) is 0 Å². The molecule has 0 heterocycles. The van der Waals surface area contributed by atoms with E-state index in [9.17, 15) is 4.79 Å². The summed E-state index contributed by atoms with van der Waals surface area (Å²) in [4.78, 5) is 11.6. The first-order chi connectivity index (χ1) is 9.92. The van der Waals surface area contributed by atoms with Crippen molar-refractivity contribution >= 4 is 11.8 Å². The molecule has 1 aliphatic carbocycles. The molecule has 0 radical (unpaired) electrons. The molecular formula is C17H26N2O2. The third-order valence-corrected chi connectivity index (χ3v) is 3.49. The normalized spacial score (nSPS) is 15.8. The minimum atomic E-state index is -0.462. The second kappa shape index (κ2) is 6.83. The zero-order valence-corrected chi connectivity index (χ0v) is 13.2. The van der Waals surface area contributed by atoms with Gasteiger partial charge in [0.2, 0.25) is 0 Å². The third-order valence-electron chi connectivity index (χ3n) is 3.49. The molecule has 0 unspecified atom stereocenters. The molecule has 1 fully saturated rings. The number of anilines is 1. The monoisotopic (exact) mass is 290 g/mol. The molecule has 0 saturated heterocycles. The van der Waals surface area contributed by atoms with E-state index in [-0.39, 0.29) is 6.09 Å². The molecular weight excluding hydrogens is 264 g/mol. The number of ether oxygens (including phenoxy) is 1. The van der Waals surface area contributed by atoms with Crippen molar-refractivity contribution in [1.82, 2.24) is 5.32 Å². The van der Waals surface area contributed by atoms with Crippen LogP contribution >= 0.6 is 0 Å². The van der Waals surface area contributed by atoms with E-state index in [4.69, 9.17) is 4.74 Å². The highest BCUT2D eigenvalue weighted by atomic mass is 16.6. The fourth-order valence-corrected chi connectivity index (χ4v) is 2.57. The molecule has 0 aromatic heterocycles. The molecule has 0 spiro atoms. The van der Waals surface area contributed by atoms with Crippen molar-refractivity contribution in [3.63, 3.8) is 0 Å². The van der Waals surface area contributed by atoms with Crippen LogP contribution in [0.3, 0.4) is 0 Å². The van der Waals surface area contributed by atoms with Crippen molar-refractivity contribution in [2.24, 2.45) is 0 Å². The molecule has 1 aromatic rings. The molecule has 1 aromatic carbocycles. The van der Waals surface area contributed by atoms with Crippen LogP contribution in [-0.4, -0.2) is 17.7 Å². The average molecular weight is 290 g/mol. The number of carbonyl (C=O) groups excluding carboxylic acids is 1. The predicted octanol–water partition coefficient (Wildman–Crippen LogP) is 4.07. The second-order valence-corrected chi connectivity index (χ2v) is 6.68. The summed E-state index contributed by atoms with van der Waals surface area (Å²) in [6, 6.07) is 8.80. The van der Waals surface area contributed by atoms with Crippen molar-refractivity contribution in [3.05, 3.63) is 29.8 Å². The first-order valence-electron chi connectivity index (χ1n) is 7.75. The van der Waals surface area contributed by atoms with E-state index < -0.39 is 5.60 Å². The molecule has 1 saturated carbocycles. The summed E-state index contributed by atoms with van der Waals surface area (Å²) >= 11 is 0. The average Bonchev–Trinajstić information content (AvgIpc) is 2.88. The van der Waals surface area contributed by atoms with Gasteiger partial charge in [0.1, 0.15) is 5.60 Å². The van der Waals surface area contributed by atoms with Crippen molar-refractivity contribution in [3.8, 4) is 0 Å². The van der Waals surface area contributed by atoms with Crippen LogP contribution < -0.4 is 10.6 Å².